The number of amides is 2. The minimum absolute atomic E-state index is 0.0445. The van der Waals surface area contributed by atoms with Gasteiger partial charge in [0, 0.05) is 28.2 Å². The van der Waals surface area contributed by atoms with E-state index in [0.717, 1.165) is 5.69 Å². The second kappa shape index (κ2) is 8.92. The van der Waals surface area contributed by atoms with Crippen LogP contribution in [-0.4, -0.2) is 50.4 Å². The molecule has 8 nitrogen and oxygen atoms in total. The minimum Gasteiger partial charge on any atom is -0.343 e. The van der Waals surface area contributed by atoms with Crippen molar-refractivity contribution in [3.05, 3.63) is 46.8 Å². The summed E-state index contributed by atoms with van der Waals surface area (Å²) in [6, 6.07) is 5.57. The van der Waals surface area contributed by atoms with Gasteiger partial charge in [0.25, 0.3) is 11.7 Å². The molecule has 0 radical (unpaired) electrons. The molecule has 2 aromatic heterocycles. The number of rotatable bonds is 6. The Morgan fingerprint density at radius 2 is 1.81 bits per heavy atom. The molecule has 0 saturated heterocycles. The lowest BCUT2D eigenvalue weighted by molar-refractivity contribution is -0.123. The lowest BCUT2D eigenvalue weighted by Gasteiger charge is -2.11. The number of thioether (sulfide) groups is 1. The predicted octanol–water partition coefficient (Wildman–Crippen LogP) is 2.94. The van der Waals surface area contributed by atoms with E-state index in [-0.39, 0.29) is 17.9 Å². The van der Waals surface area contributed by atoms with Crippen LogP contribution in [0.4, 0.5) is 18.9 Å². The Morgan fingerprint density at radius 1 is 1.13 bits per heavy atom. The van der Waals surface area contributed by atoms with Gasteiger partial charge in [0.2, 0.25) is 11.1 Å². The highest BCUT2D eigenvalue weighted by Crippen LogP contribution is 2.18. The standard InChI is InChI=1S/C19H19F3N6O2S/c1-10-14(11(2)28-17(24-10)26-18(27-28)31-3)8-15(29)25-13-6-4-12(5-7-13)16(30)23-9-19(20,21)22/h4-7H,8-9H2,1-3H3,(H,23,30)(H,25,29). The van der Waals surface area contributed by atoms with Gasteiger partial charge in [0.15, 0.2) is 0 Å². The fraction of sp³-hybridized carbons (Fsp3) is 0.316. The van der Waals surface area contributed by atoms with Crippen molar-refractivity contribution < 1.29 is 22.8 Å². The zero-order chi connectivity index (χ0) is 22.8. The summed E-state index contributed by atoms with van der Waals surface area (Å²) in [5.74, 6) is -0.701. The Balaban J connectivity index is 1.68. The summed E-state index contributed by atoms with van der Waals surface area (Å²) in [4.78, 5) is 33.0. The van der Waals surface area contributed by atoms with E-state index in [1.54, 1.807) is 16.8 Å². The number of fused-ring (bicyclic) bond motifs is 1. The summed E-state index contributed by atoms with van der Waals surface area (Å²) in [7, 11) is 0. The van der Waals surface area contributed by atoms with E-state index in [4.69, 9.17) is 0 Å². The molecule has 2 heterocycles. The first kappa shape index (κ1) is 22.5. The molecule has 0 spiro atoms. The average Bonchev–Trinajstić information content (AvgIpc) is 3.12. The quantitative estimate of drug-likeness (QED) is 0.558. The third-order valence-electron chi connectivity index (χ3n) is 4.43. The first-order valence-corrected chi connectivity index (χ1v) is 10.3. The largest absolute Gasteiger partial charge is 0.405 e. The lowest BCUT2D eigenvalue weighted by atomic mass is 10.1. The second-order valence-electron chi connectivity index (χ2n) is 6.67. The van der Waals surface area contributed by atoms with Crippen LogP contribution in [0.5, 0.6) is 0 Å². The van der Waals surface area contributed by atoms with Gasteiger partial charge in [0.05, 0.1) is 6.42 Å². The maximum absolute atomic E-state index is 12.5. The first-order chi connectivity index (χ1) is 14.6. The lowest BCUT2D eigenvalue weighted by Crippen LogP contribution is -2.33. The maximum Gasteiger partial charge on any atom is 0.405 e. The van der Waals surface area contributed by atoms with E-state index in [9.17, 15) is 22.8 Å². The molecular formula is C19H19F3N6O2S. The van der Waals surface area contributed by atoms with Crippen LogP contribution in [0, 0.1) is 13.8 Å². The fourth-order valence-corrected chi connectivity index (χ4v) is 3.22. The van der Waals surface area contributed by atoms with Crippen molar-refractivity contribution in [3.8, 4) is 0 Å². The maximum atomic E-state index is 12.5. The van der Waals surface area contributed by atoms with Crippen molar-refractivity contribution in [3.63, 3.8) is 0 Å². The van der Waals surface area contributed by atoms with Crippen LogP contribution in [0.25, 0.3) is 5.78 Å². The molecule has 0 unspecified atom stereocenters. The van der Waals surface area contributed by atoms with Crippen molar-refractivity contribution in [1.82, 2.24) is 24.9 Å². The van der Waals surface area contributed by atoms with Gasteiger partial charge in [-0.3, -0.25) is 9.59 Å². The number of anilines is 1. The number of aryl methyl sites for hydroxylation is 2. The molecule has 0 aliphatic rings. The Labute approximate surface area is 179 Å². The van der Waals surface area contributed by atoms with Crippen LogP contribution in [-0.2, 0) is 11.2 Å². The molecule has 0 atom stereocenters. The highest BCUT2D eigenvalue weighted by atomic mass is 32.2. The summed E-state index contributed by atoms with van der Waals surface area (Å²) >= 11 is 1.39. The Bertz CT molecular complexity index is 1130. The SMILES string of the molecule is CSc1nc2nc(C)c(CC(=O)Nc3ccc(C(=O)NCC(F)(F)F)cc3)c(C)n2n1. The molecular weight excluding hydrogens is 433 g/mol. The van der Waals surface area contributed by atoms with Crippen molar-refractivity contribution in [2.45, 2.75) is 31.6 Å². The molecule has 0 saturated carbocycles. The monoisotopic (exact) mass is 452 g/mol. The number of aromatic nitrogens is 4. The molecule has 0 bridgehead atoms. The number of benzene rings is 1. The molecule has 2 N–H and O–H groups in total. The van der Waals surface area contributed by atoms with Crippen LogP contribution < -0.4 is 10.6 Å². The van der Waals surface area contributed by atoms with Gasteiger partial charge in [-0.1, -0.05) is 11.8 Å². The van der Waals surface area contributed by atoms with E-state index in [1.165, 1.54) is 36.0 Å². The van der Waals surface area contributed by atoms with Gasteiger partial charge in [-0.25, -0.2) is 9.50 Å². The van der Waals surface area contributed by atoms with E-state index >= 15 is 0 Å². The van der Waals surface area contributed by atoms with Crippen molar-refractivity contribution in [2.75, 3.05) is 18.1 Å². The van der Waals surface area contributed by atoms with Crippen LogP contribution >= 0.6 is 11.8 Å². The van der Waals surface area contributed by atoms with Gasteiger partial charge in [-0.05, 0) is 44.4 Å². The van der Waals surface area contributed by atoms with E-state index in [2.05, 4.69) is 20.4 Å². The van der Waals surface area contributed by atoms with Crippen LogP contribution in [0.15, 0.2) is 29.4 Å². The van der Waals surface area contributed by atoms with Crippen LogP contribution in [0.1, 0.15) is 27.3 Å². The van der Waals surface area contributed by atoms with Crippen molar-refractivity contribution in [2.24, 2.45) is 0 Å². The van der Waals surface area contributed by atoms with E-state index in [0.29, 0.717) is 27.9 Å². The van der Waals surface area contributed by atoms with Gasteiger partial charge >= 0.3 is 6.18 Å². The summed E-state index contributed by atoms with van der Waals surface area (Å²) in [6.07, 6.45) is -2.58. The molecule has 3 rings (SSSR count). The number of nitrogens with zero attached hydrogens (tertiary/aromatic N) is 4. The smallest absolute Gasteiger partial charge is 0.343 e. The number of alkyl halides is 3. The third kappa shape index (κ3) is 5.51. The molecule has 164 valence electrons. The molecule has 2 amide bonds. The van der Waals surface area contributed by atoms with Gasteiger partial charge in [-0.2, -0.15) is 18.2 Å². The second-order valence-corrected chi connectivity index (χ2v) is 7.45. The number of carbonyl (C=O) groups is 2. The normalized spacial score (nSPS) is 11.5. The number of hydrogen-bond acceptors (Lipinski definition) is 6. The zero-order valence-corrected chi connectivity index (χ0v) is 17.7. The highest BCUT2D eigenvalue weighted by Gasteiger charge is 2.27. The summed E-state index contributed by atoms with van der Waals surface area (Å²) in [6.45, 7) is 2.21. The topological polar surface area (TPSA) is 101 Å². The van der Waals surface area contributed by atoms with Gasteiger partial charge in [-0.15, -0.1) is 5.10 Å². The fourth-order valence-electron chi connectivity index (χ4n) is 2.89. The molecule has 3 aromatic rings. The number of carbonyl (C=O) groups excluding carboxylic acids is 2. The molecule has 31 heavy (non-hydrogen) atoms. The number of halogens is 3. The van der Waals surface area contributed by atoms with E-state index < -0.39 is 18.6 Å². The first-order valence-electron chi connectivity index (χ1n) is 9.09. The Morgan fingerprint density at radius 3 is 2.42 bits per heavy atom. The minimum atomic E-state index is -4.49. The van der Waals surface area contributed by atoms with E-state index in [1.807, 2.05) is 13.2 Å². The Hall–Kier alpha value is -3.15. The van der Waals surface area contributed by atoms with Gasteiger partial charge < -0.3 is 10.6 Å². The molecule has 0 fully saturated rings. The molecule has 0 aliphatic heterocycles. The zero-order valence-electron chi connectivity index (χ0n) is 16.9. The van der Waals surface area contributed by atoms with Crippen LogP contribution in [0.3, 0.4) is 0 Å². The number of nitrogens with one attached hydrogen (secondary N) is 2. The Kier molecular flexibility index (Phi) is 6.48. The van der Waals surface area contributed by atoms with Crippen molar-refractivity contribution >= 4 is 35.0 Å². The summed E-state index contributed by atoms with van der Waals surface area (Å²) in [5.41, 5.74) is 2.59. The molecule has 1 aromatic carbocycles. The van der Waals surface area contributed by atoms with Crippen molar-refractivity contribution in [1.29, 1.82) is 0 Å². The average molecular weight is 452 g/mol. The third-order valence-corrected chi connectivity index (χ3v) is 4.97. The van der Waals surface area contributed by atoms with Gasteiger partial charge in [0.1, 0.15) is 6.54 Å². The summed E-state index contributed by atoms with van der Waals surface area (Å²) < 4.78 is 38.2. The summed E-state index contributed by atoms with van der Waals surface area (Å²) in [5, 5.41) is 9.42. The van der Waals surface area contributed by atoms with Crippen LogP contribution in [0.2, 0.25) is 0 Å². The molecule has 12 heteroatoms. The predicted molar refractivity (Wildman–Crippen MR) is 109 cm³/mol. The number of hydrogen-bond donors (Lipinski definition) is 2. The highest BCUT2D eigenvalue weighted by molar-refractivity contribution is 7.98. The molecule has 0 aliphatic carbocycles.